The van der Waals surface area contributed by atoms with Crippen molar-refractivity contribution in [3.05, 3.63) is 58.3 Å². The zero-order chi connectivity index (χ0) is 25.3. The van der Waals surface area contributed by atoms with E-state index in [9.17, 15) is 9.90 Å². The number of aryl methyl sites for hydroxylation is 2. The third kappa shape index (κ3) is 4.58. The predicted octanol–water partition coefficient (Wildman–Crippen LogP) is 4.78. The summed E-state index contributed by atoms with van der Waals surface area (Å²) < 4.78 is 16.7. The summed E-state index contributed by atoms with van der Waals surface area (Å²) in [6, 6.07) is 9.07. The number of fused-ring (bicyclic) bond motifs is 1. The fraction of sp³-hybridized carbons (Fsp3) is 0.407. The lowest BCUT2D eigenvalue weighted by molar-refractivity contribution is 0.0601. The van der Waals surface area contributed by atoms with Crippen molar-refractivity contribution < 1.29 is 24.1 Å². The number of phenolic OH excluding ortho intramolecular Hbond substituents is 1. The molecule has 8 heteroatoms. The monoisotopic (exact) mass is 479 g/mol. The molecule has 1 aliphatic heterocycles. The van der Waals surface area contributed by atoms with E-state index in [0.29, 0.717) is 48.0 Å². The number of methoxy groups -OCH3 is 2. The van der Waals surface area contributed by atoms with E-state index in [1.165, 1.54) is 0 Å². The lowest BCUT2D eigenvalue weighted by Gasteiger charge is -2.27. The summed E-state index contributed by atoms with van der Waals surface area (Å²) in [4.78, 5) is 15.4. The summed E-state index contributed by atoms with van der Waals surface area (Å²) >= 11 is 0. The normalized spacial score (nSPS) is 15.1. The van der Waals surface area contributed by atoms with E-state index in [0.717, 1.165) is 22.3 Å². The molecule has 3 aromatic rings. The second-order valence-electron chi connectivity index (χ2n) is 9.13. The second kappa shape index (κ2) is 10.00. The fourth-order valence-electron chi connectivity index (χ4n) is 4.70. The van der Waals surface area contributed by atoms with Gasteiger partial charge in [0.1, 0.15) is 17.1 Å². The van der Waals surface area contributed by atoms with Crippen molar-refractivity contribution in [1.82, 2.24) is 15.1 Å². The molecular weight excluding hydrogens is 446 g/mol. The number of hydrogen-bond acceptors (Lipinski definition) is 6. The minimum Gasteiger partial charge on any atom is -0.507 e. The van der Waals surface area contributed by atoms with E-state index in [4.69, 9.17) is 14.2 Å². The number of carbonyl (C=O) groups excluding carboxylic acids is 1. The van der Waals surface area contributed by atoms with Crippen LogP contribution in [0.3, 0.4) is 0 Å². The highest BCUT2D eigenvalue weighted by Crippen LogP contribution is 2.46. The van der Waals surface area contributed by atoms with Crippen molar-refractivity contribution in [2.45, 2.75) is 46.3 Å². The van der Waals surface area contributed by atoms with Crippen LogP contribution < -0.4 is 9.47 Å². The van der Waals surface area contributed by atoms with Crippen LogP contribution in [0, 0.1) is 13.8 Å². The number of nitrogens with one attached hydrogen (secondary N) is 1. The number of nitrogens with zero attached hydrogens (tertiary/aromatic N) is 2. The van der Waals surface area contributed by atoms with E-state index in [-0.39, 0.29) is 17.8 Å². The number of amides is 1. The number of aromatic amines is 1. The Labute approximate surface area is 205 Å². The first-order chi connectivity index (χ1) is 16.8. The first-order valence-corrected chi connectivity index (χ1v) is 11.8. The van der Waals surface area contributed by atoms with Gasteiger partial charge in [0.05, 0.1) is 26.4 Å². The second-order valence-corrected chi connectivity index (χ2v) is 9.13. The van der Waals surface area contributed by atoms with Crippen molar-refractivity contribution in [2.24, 2.45) is 0 Å². The third-order valence-electron chi connectivity index (χ3n) is 6.28. The summed E-state index contributed by atoms with van der Waals surface area (Å²) in [6.45, 7) is 8.87. The lowest BCUT2D eigenvalue weighted by Crippen LogP contribution is -2.31. The molecule has 0 fully saturated rings. The van der Waals surface area contributed by atoms with Gasteiger partial charge >= 0.3 is 0 Å². The van der Waals surface area contributed by atoms with Gasteiger partial charge in [-0.05, 0) is 69.0 Å². The predicted molar refractivity (Wildman–Crippen MR) is 133 cm³/mol. The fourth-order valence-corrected chi connectivity index (χ4v) is 4.70. The van der Waals surface area contributed by atoms with Crippen LogP contribution in [-0.2, 0) is 4.74 Å². The minimum absolute atomic E-state index is 0.127. The van der Waals surface area contributed by atoms with Crippen molar-refractivity contribution in [2.75, 3.05) is 27.4 Å². The molecule has 2 N–H and O–H groups in total. The minimum atomic E-state index is -0.412. The number of aromatic nitrogens is 2. The summed E-state index contributed by atoms with van der Waals surface area (Å²) in [5.41, 5.74) is 4.97. The first kappa shape index (κ1) is 24.6. The van der Waals surface area contributed by atoms with Gasteiger partial charge in [-0.15, -0.1) is 0 Å². The van der Waals surface area contributed by atoms with Crippen LogP contribution in [0.4, 0.5) is 0 Å². The smallest absolute Gasteiger partial charge is 0.273 e. The summed E-state index contributed by atoms with van der Waals surface area (Å²) in [7, 11) is 3.18. The van der Waals surface area contributed by atoms with Crippen molar-refractivity contribution >= 4 is 5.91 Å². The standard InChI is InChI=1S/C27H33N3O5/c1-15(2)35-11-7-10-30-25(18-8-9-20(33-5)21(14-18)34-6)22-23(28-29-24(22)27(30)32)19-13-16(3)12-17(4)26(19)31/h8-9,12-15,25,31H,7,10-11H2,1-6H3,(H,28,29). The molecule has 0 bridgehead atoms. The average molecular weight is 480 g/mol. The highest BCUT2D eigenvalue weighted by molar-refractivity contribution is 6.00. The molecule has 1 aliphatic rings. The molecular formula is C27H33N3O5. The van der Waals surface area contributed by atoms with E-state index in [1.807, 2.05) is 62.9 Å². The van der Waals surface area contributed by atoms with Crippen LogP contribution in [0.5, 0.6) is 17.2 Å². The number of H-pyrrole nitrogens is 1. The highest BCUT2D eigenvalue weighted by atomic mass is 16.5. The number of ether oxygens (including phenoxy) is 3. The molecule has 2 aromatic carbocycles. The number of carbonyl (C=O) groups is 1. The highest BCUT2D eigenvalue weighted by Gasteiger charge is 2.42. The number of aromatic hydroxyl groups is 1. The van der Waals surface area contributed by atoms with E-state index in [2.05, 4.69) is 10.2 Å². The Kier molecular flexibility index (Phi) is 7.03. The molecule has 1 aromatic heterocycles. The van der Waals surface area contributed by atoms with Crippen molar-refractivity contribution in [3.8, 4) is 28.5 Å². The number of hydrogen-bond donors (Lipinski definition) is 2. The largest absolute Gasteiger partial charge is 0.507 e. The molecule has 1 unspecified atom stereocenters. The van der Waals surface area contributed by atoms with E-state index in [1.54, 1.807) is 14.2 Å². The number of rotatable bonds is 9. The molecule has 0 spiro atoms. The van der Waals surface area contributed by atoms with Crippen molar-refractivity contribution in [3.63, 3.8) is 0 Å². The summed E-state index contributed by atoms with van der Waals surface area (Å²) in [5.74, 6) is 1.21. The quantitative estimate of drug-likeness (QED) is 0.429. The Morgan fingerprint density at radius 3 is 2.54 bits per heavy atom. The van der Waals surface area contributed by atoms with Crippen LogP contribution in [0.15, 0.2) is 30.3 Å². The average Bonchev–Trinajstić information content (AvgIpc) is 3.37. The zero-order valence-corrected chi connectivity index (χ0v) is 21.1. The zero-order valence-electron chi connectivity index (χ0n) is 21.1. The van der Waals surface area contributed by atoms with E-state index >= 15 is 0 Å². The SMILES string of the molecule is COc1ccc(C2c3c(-c4cc(C)cc(C)c4O)n[nH]c3C(=O)N2CCCOC(C)C)cc1OC. The molecule has 35 heavy (non-hydrogen) atoms. The van der Waals surface area contributed by atoms with Crippen LogP contribution in [0.25, 0.3) is 11.3 Å². The van der Waals surface area contributed by atoms with Gasteiger partial charge in [0.2, 0.25) is 0 Å². The molecule has 0 aliphatic carbocycles. The topological polar surface area (TPSA) is 96.9 Å². The first-order valence-electron chi connectivity index (χ1n) is 11.8. The molecule has 1 atom stereocenters. The molecule has 0 radical (unpaired) electrons. The molecule has 0 saturated carbocycles. The molecule has 2 heterocycles. The van der Waals surface area contributed by atoms with Gasteiger partial charge in [-0.1, -0.05) is 12.1 Å². The molecule has 0 saturated heterocycles. The van der Waals surface area contributed by atoms with Gasteiger partial charge in [-0.2, -0.15) is 5.10 Å². The Balaban J connectivity index is 1.83. The van der Waals surface area contributed by atoms with Crippen LogP contribution in [0.2, 0.25) is 0 Å². The van der Waals surface area contributed by atoms with Crippen LogP contribution in [-0.4, -0.2) is 59.6 Å². The van der Waals surface area contributed by atoms with Gasteiger partial charge in [0, 0.05) is 24.3 Å². The molecule has 1 amide bonds. The van der Waals surface area contributed by atoms with Gasteiger partial charge in [-0.3, -0.25) is 9.89 Å². The van der Waals surface area contributed by atoms with E-state index < -0.39 is 6.04 Å². The lowest BCUT2D eigenvalue weighted by atomic mass is 9.94. The van der Waals surface area contributed by atoms with Gasteiger partial charge < -0.3 is 24.2 Å². The molecule has 186 valence electrons. The molecule has 4 rings (SSSR count). The summed E-state index contributed by atoms with van der Waals surface area (Å²) in [5, 5.41) is 18.3. The van der Waals surface area contributed by atoms with Crippen LogP contribution >= 0.6 is 0 Å². The van der Waals surface area contributed by atoms with Crippen molar-refractivity contribution in [1.29, 1.82) is 0 Å². The van der Waals surface area contributed by atoms with Crippen LogP contribution in [0.1, 0.15) is 59.1 Å². The number of phenols is 1. The Hall–Kier alpha value is -3.52. The van der Waals surface area contributed by atoms with Gasteiger partial charge in [0.25, 0.3) is 5.91 Å². The maximum absolute atomic E-state index is 13.5. The third-order valence-corrected chi connectivity index (χ3v) is 6.28. The van der Waals surface area contributed by atoms with Gasteiger partial charge in [0.15, 0.2) is 11.5 Å². The molecule has 8 nitrogen and oxygen atoms in total. The van der Waals surface area contributed by atoms with Gasteiger partial charge in [-0.25, -0.2) is 0 Å². The maximum atomic E-state index is 13.5. The maximum Gasteiger partial charge on any atom is 0.273 e. The summed E-state index contributed by atoms with van der Waals surface area (Å²) in [6.07, 6.45) is 0.817. The number of benzene rings is 2. The Bertz CT molecular complexity index is 1230. The Morgan fingerprint density at radius 1 is 1.11 bits per heavy atom. The Morgan fingerprint density at radius 2 is 1.86 bits per heavy atom.